The fraction of sp³-hybridized carbons (Fsp3) is 0.192. The molecule has 7 nitrogen and oxygen atoms in total. The average molecular weight is 526 g/mol. The van der Waals surface area contributed by atoms with Crippen LogP contribution < -0.4 is 14.8 Å². The van der Waals surface area contributed by atoms with Crippen LogP contribution in [0.1, 0.15) is 17.5 Å². The van der Waals surface area contributed by atoms with Crippen molar-refractivity contribution >= 4 is 51.7 Å². The molecular weight excluding hydrogens is 505 g/mol. The number of ether oxygens (including phenoxy) is 2. The molecule has 3 aromatic carbocycles. The van der Waals surface area contributed by atoms with Crippen molar-refractivity contribution in [2.45, 2.75) is 25.1 Å². The Labute approximate surface area is 216 Å². The van der Waals surface area contributed by atoms with Gasteiger partial charge < -0.3 is 14.8 Å². The topological polar surface area (TPSA) is 80.2 Å². The molecule has 0 aliphatic carbocycles. The van der Waals surface area contributed by atoms with E-state index in [4.69, 9.17) is 21.1 Å². The number of amides is 2. The number of carbonyl (C=O) groups is 2. The van der Waals surface area contributed by atoms with Crippen LogP contribution in [-0.2, 0) is 16.1 Å². The van der Waals surface area contributed by atoms with E-state index in [2.05, 4.69) is 10.3 Å². The third-order valence-corrected chi connectivity index (χ3v) is 7.30. The van der Waals surface area contributed by atoms with Crippen LogP contribution in [-0.4, -0.2) is 33.9 Å². The summed E-state index contributed by atoms with van der Waals surface area (Å²) in [6.45, 7) is 2.25. The summed E-state index contributed by atoms with van der Waals surface area (Å²) in [5, 5.41) is 3.01. The molecule has 1 atom stereocenters. The van der Waals surface area contributed by atoms with Crippen LogP contribution in [0.5, 0.6) is 11.5 Å². The van der Waals surface area contributed by atoms with Crippen LogP contribution in [0, 0.1) is 12.7 Å². The molecule has 0 spiro atoms. The Morgan fingerprint density at radius 2 is 1.92 bits per heavy atom. The van der Waals surface area contributed by atoms with Crippen molar-refractivity contribution in [1.82, 2.24) is 4.90 Å². The highest BCUT2D eigenvalue weighted by molar-refractivity contribution is 8.15. The number of amidine groups is 1. The third-order valence-electron chi connectivity index (χ3n) is 5.70. The number of thioether (sulfide) groups is 1. The highest BCUT2D eigenvalue weighted by Gasteiger charge is 2.36. The molecule has 0 bridgehead atoms. The molecule has 1 unspecified atom stereocenters. The van der Waals surface area contributed by atoms with E-state index in [1.165, 1.54) is 40.9 Å². The summed E-state index contributed by atoms with van der Waals surface area (Å²) in [6.07, 6.45) is -0.0108. The number of hydrogen-bond donors (Lipinski definition) is 1. The SMILES string of the molecule is Cc1ccc(NC(=O)C2CC(=O)N(Cc3ccc4c(c3)OCO4)C(=Nc3ccc(F)cc3)S2)cc1Cl. The lowest BCUT2D eigenvalue weighted by Gasteiger charge is -2.32. The van der Waals surface area contributed by atoms with Gasteiger partial charge in [-0.2, -0.15) is 0 Å². The monoisotopic (exact) mass is 525 g/mol. The van der Waals surface area contributed by atoms with Crippen LogP contribution in [0.4, 0.5) is 15.8 Å². The molecular formula is C26H21ClFN3O4S. The Balaban J connectivity index is 1.40. The van der Waals surface area contributed by atoms with E-state index < -0.39 is 11.1 Å². The highest BCUT2D eigenvalue weighted by atomic mass is 35.5. The van der Waals surface area contributed by atoms with Crippen molar-refractivity contribution in [3.05, 3.63) is 82.6 Å². The van der Waals surface area contributed by atoms with E-state index in [0.717, 1.165) is 11.1 Å². The number of halogens is 2. The van der Waals surface area contributed by atoms with Crippen molar-refractivity contribution in [3.63, 3.8) is 0 Å². The Morgan fingerprint density at radius 3 is 2.69 bits per heavy atom. The smallest absolute Gasteiger partial charge is 0.238 e. The number of nitrogens with one attached hydrogen (secondary N) is 1. The molecule has 2 amide bonds. The van der Waals surface area contributed by atoms with Gasteiger partial charge in [0.05, 0.1) is 12.2 Å². The highest BCUT2D eigenvalue weighted by Crippen LogP contribution is 2.35. The van der Waals surface area contributed by atoms with Gasteiger partial charge in [-0.15, -0.1) is 0 Å². The van der Waals surface area contributed by atoms with Gasteiger partial charge in [0.1, 0.15) is 11.1 Å². The van der Waals surface area contributed by atoms with Crippen LogP contribution in [0.25, 0.3) is 0 Å². The molecule has 36 heavy (non-hydrogen) atoms. The Bertz CT molecular complexity index is 1370. The van der Waals surface area contributed by atoms with E-state index in [-0.39, 0.29) is 31.6 Å². The van der Waals surface area contributed by atoms with Crippen molar-refractivity contribution in [2.75, 3.05) is 12.1 Å². The van der Waals surface area contributed by atoms with Gasteiger partial charge in [0, 0.05) is 17.1 Å². The minimum absolute atomic E-state index is 0.0108. The lowest BCUT2D eigenvalue weighted by molar-refractivity contribution is -0.129. The van der Waals surface area contributed by atoms with Crippen LogP contribution in [0.15, 0.2) is 65.7 Å². The number of fused-ring (bicyclic) bond motifs is 1. The van der Waals surface area contributed by atoms with Crippen LogP contribution >= 0.6 is 23.4 Å². The number of carbonyl (C=O) groups excluding carboxylic acids is 2. The van der Waals surface area contributed by atoms with Crippen LogP contribution in [0.3, 0.4) is 0 Å². The molecule has 2 heterocycles. The normalized spacial score (nSPS) is 18.0. The number of anilines is 1. The summed E-state index contributed by atoms with van der Waals surface area (Å²) >= 11 is 7.36. The van der Waals surface area contributed by atoms with E-state index in [1.54, 1.807) is 18.2 Å². The molecule has 1 saturated heterocycles. The first kappa shape index (κ1) is 24.1. The summed E-state index contributed by atoms with van der Waals surface area (Å²) in [5.41, 5.74) is 2.72. The fourth-order valence-electron chi connectivity index (χ4n) is 3.74. The summed E-state index contributed by atoms with van der Waals surface area (Å²) in [5.74, 6) is 0.275. The molecule has 10 heteroatoms. The maximum Gasteiger partial charge on any atom is 0.238 e. The maximum absolute atomic E-state index is 13.4. The second-order valence-electron chi connectivity index (χ2n) is 8.30. The zero-order valence-electron chi connectivity index (χ0n) is 19.2. The molecule has 3 aromatic rings. The number of aryl methyl sites for hydroxylation is 1. The predicted molar refractivity (Wildman–Crippen MR) is 137 cm³/mol. The van der Waals surface area contributed by atoms with Crippen LogP contribution in [0.2, 0.25) is 5.02 Å². The molecule has 1 fully saturated rings. The van der Waals surface area contributed by atoms with E-state index >= 15 is 0 Å². The molecule has 184 valence electrons. The van der Waals surface area contributed by atoms with Crippen molar-refractivity contribution in [1.29, 1.82) is 0 Å². The lowest BCUT2D eigenvalue weighted by Crippen LogP contribution is -2.44. The molecule has 2 aliphatic heterocycles. The van der Waals surface area contributed by atoms with Crippen molar-refractivity contribution in [2.24, 2.45) is 4.99 Å². The molecule has 1 N–H and O–H groups in total. The zero-order chi connectivity index (χ0) is 25.2. The summed E-state index contributed by atoms with van der Waals surface area (Å²) < 4.78 is 24.2. The van der Waals surface area contributed by atoms with E-state index in [0.29, 0.717) is 33.1 Å². The number of hydrogen-bond acceptors (Lipinski definition) is 6. The standard InChI is InChI=1S/C26H21ClFN3O4S/c1-15-2-6-19(11-20(15)27)29-25(33)23-12-24(32)31(13-16-3-9-21-22(10-16)35-14-34-21)26(36-23)30-18-7-4-17(28)5-8-18/h2-11,23H,12-14H2,1H3,(H,29,33). The Kier molecular flexibility index (Phi) is 6.84. The Morgan fingerprint density at radius 1 is 1.14 bits per heavy atom. The van der Waals surface area contributed by atoms with E-state index in [1.807, 2.05) is 25.1 Å². The molecule has 2 aliphatic rings. The van der Waals surface area contributed by atoms with Gasteiger partial charge in [0.25, 0.3) is 0 Å². The summed E-state index contributed by atoms with van der Waals surface area (Å²) in [4.78, 5) is 32.4. The fourth-order valence-corrected chi connectivity index (χ4v) is 5.02. The van der Waals surface area contributed by atoms with Gasteiger partial charge in [-0.3, -0.25) is 14.5 Å². The molecule has 0 saturated carbocycles. The van der Waals surface area contributed by atoms with Gasteiger partial charge in [-0.25, -0.2) is 9.38 Å². The van der Waals surface area contributed by atoms with Gasteiger partial charge >= 0.3 is 0 Å². The molecule has 0 radical (unpaired) electrons. The molecule has 0 aromatic heterocycles. The number of benzene rings is 3. The summed E-state index contributed by atoms with van der Waals surface area (Å²) in [7, 11) is 0. The number of aliphatic imine (C=N–C) groups is 1. The summed E-state index contributed by atoms with van der Waals surface area (Å²) in [6, 6.07) is 16.3. The third kappa shape index (κ3) is 5.32. The lowest BCUT2D eigenvalue weighted by atomic mass is 10.1. The minimum atomic E-state index is -0.704. The quantitative estimate of drug-likeness (QED) is 0.464. The van der Waals surface area contributed by atoms with Gasteiger partial charge in [0.15, 0.2) is 16.7 Å². The minimum Gasteiger partial charge on any atom is -0.454 e. The second-order valence-corrected chi connectivity index (χ2v) is 9.88. The van der Waals surface area contributed by atoms with Gasteiger partial charge in [-0.05, 0) is 66.6 Å². The van der Waals surface area contributed by atoms with E-state index in [9.17, 15) is 14.0 Å². The van der Waals surface area contributed by atoms with Crippen molar-refractivity contribution < 1.29 is 23.5 Å². The van der Waals surface area contributed by atoms with Crippen molar-refractivity contribution in [3.8, 4) is 11.5 Å². The van der Waals surface area contributed by atoms with Gasteiger partial charge in [-0.1, -0.05) is 35.5 Å². The average Bonchev–Trinajstić information content (AvgIpc) is 3.33. The zero-order valence-corrected chi connectivity index (χ0v) is 20.7. The molecule has 5 rings (SSSR count). The largest absolute Gasteiger partial charge is 0.454 e. The first-order chi connectivity index (χ1) is 17.4. The predicted octanol–water partition coefficient (Wildman–Crippen LogP) is 5.68. The Hall–Kier alpha value is -3.56. The second kappa shape index (κ2) is 10.2. The maximum atomic E-state index is 13.4. The number of rotatable bonds is 5. The first-order valence-electron chi connectivity index (χ1n) is 11.1. The first-order valence-corrected chi connectivity index (χ1v) is 12.4. The van der Waals surface area contributed by atoms with Gasteiger partial charge in [0.2, 0.25) is 18.6 Å². The number of nitrogens with zero attached hydrogens (tertiary/aromatic N) is 2.